The summed E-state index contributed by atoms with van der Waals surface area (Å²) >= 11 is 0. The molecule has 0 amide bonds. The van der Waals surface area contributed by atoms with Crippen LogP contribution in [0.3, 0.4) is 0 Å². The minimum Gasteiger partial charge on any atom is -0.356 e. The van der Waals surface area contributed by atoms with E-state index in [-0.39, 0.29) is 24.0 Å². The highest BCUT2D eigenvalue weighted by Crippen LogP contribution is 2.26. The van der Waals surface area contributed by atoms with Crippen molar-refractivity contribution in [1.82, 2.24) is 29.8 Å². The van der Waals surface area contributed by atoms with Gasteiger partial charge in [-0.3, -0.25) is 9.67 Å². The van der Waals surface area contributed by atoms with Crippen molar-refractivity contribution in [3.8, 4) is 5.69 Å². The first-order valence-electron chi connectivity index (χ1n) is 9.76. The lowest BCUT2D eigenvalue weighted by atomic mass is 10.0. The minimum atomic E-state index is 0. The Bertz CT molecular complexity index is 931. The van der Waals surface area contributed by atoms with Gasteiger partial charge in [-0.15, -0.1) is 24.0 Å². The van der Waals surface area contributed by atoms with E-state index >= 15 is 0 Å². The molecule has 7 nitrogen and oxygen atoms in total. The molecule has 1 atom stereocenters. The number of likely N-dealkylation sites (tertiary alicyclic amines) is 1. The summed E-state index contributed by atoms with van der Waals surface area (Å²) in [6.45, 7) is 2.84. The van der Waals surface area contributed by atoms with Crippen LogP contribution in [-0.4, -0.2) is 57.1 Å². The van der Waals surface area contributed by atoms with Gasteiger partial charge < -0.3 is 10.2 Å². The van der Waals surface area contributed by atoms with E-state index in [0.29, 0.717) is 5.92 Å². The van der Waals surface area contributed by atoms with Crippen molar-refractivity contribution in [2.24, 2.45) is 12.0 Å². The van der Waals surface area contributed by atoms with Crippen LogP contribution in [0.25, 0.3) is 5.69 Å². The Balaban J connectivity index is 0.00000240. The van der Waals surface area contributed by atoms with Gasteiger partial charge in [0.15, 0.2) is 5.96 Å². The number of aryl methyl sites for hydroxylation is 1. The lowest BCUT2D eigenvalue weighted by Crippen LogP contribution is -2.40. The SMILES string of the molecule is CN=C(NCCc1cnn(-c2ccccc2)c1)N1CCC(c2cnn(C)c2)C1.I. The number of aliphatic imine (C=N–C) groups is 1. The van der Waals surface area contributed by atoms with Crippen molar-refractivity contribution >= 4 is 29.9 Å². The Kier molecular flexibility index (Phi) is 7.29. The highest BCUT2D eigenvalue weighted by Gasteiger charge is 2.26. The molecule has 1 aliphatic rings. The molecule has 0 radical (unpaired) electrons. The Morgan fingerprint density at radius 1 is 1.17 bits per heavy atom. The van der Waals surface area contributed by atoms with E-state index in [2.05, 4.69) is 49.9 Å². The second-order valence-electron chi connectivity index (χ2n) is 7.23. The molecule has 0 saturated carbocycles. The van der Waals surface area contributed by atoms with Crippen molar-refractivity contribution < 1.29 is 0 Å². The van der Waals surface area contributed by atoms with Crippen molar-refractivity contribution in [3.63, 3.8) is 0 Å². The Morgan fingerprint density at radius 3 is 2.72 bits per heavy atom. The summed E-state index contributed by atoms with van der Waals surface area (Å²) in [7, 11) is 3.82. The molecule has 1 N–H and O–H groups in total. The van der Waals surface area contributed by atoms with Crippen LogP contribution < -0.4 is 5.32 Å². The summed E-state index contributed by atoms with van der Waals surface area (Å²) in [4.78, 5) is 6.82. The van der Waals surface area contributed by atoms with Crippen molar-refractivity contribution in [2.45, 2.75) is 18.8 Å². The maximum atomic E-state index is 4.48. The van der Waals surface area contributed by atoms with Gasteiger partial charge in [0.05, 0.1) is 18.1 Å². The molecule has 2 aromatic heterocycles. The predicted molar refractivity (Wildman–Crippen MR) is 126 cm³/mol. The Labute approximate surface area is 188 Å². The number of hydrogen-bond donors (Lipinski definition) is 1. The van der Waals surface area contributed by atoms with Crippen molar-refractivity contribution in [3.05, 3.63) is 66.2 Å². The standard InChI is InChI=1S/C21H27N7.HI/c1-22-21(27-11-9-18(16-27)19-13-24-26(2)15-19)23-10-8-17-12-25-28(14-17)20-6-4-3-5-7-20;/h3-7,12-15,18H,8-11,16H2,1-2H3,(H,22,23);1H. The number of halogens is 1. The monoisotopic (exact) mass is 505 g/mol. The van der Waals surface area contributed by atoms with Gasteiger partial charge in [-0.2, -0.15) is 10.2 Å². The molecule has 1 saturated heterocycles. The maximum Gasteiger partial charge on any atom is 0.193 e. The molecule has 1 aromatic carbocycles. The number of hydrogen-bond acceptors (Lipinski definition) is 3. The number of guanidine groups is 1. The summed E-state index contributed by atoms with van der Waals surface area (Å²) in [5.41, 5.74) is 3.60. The highest BCUT2D eigenvalue weighted by atomic mass is 127. The van der Waals surface area contributed by atoms with Crippen molar-refractivity contribution in [1.29, 1.82) is 0 Å². The zero-order chi connectivity index (χ0) is 19.3. The first-order valence-corrected chi connectivity index (χ1v) is 9.76. The van der Waals surface area contributed by atoms with Crippen LogP contribution in [0.4, 0.5) is 0 Å². The molecular weight excluding hydrogens is 477 g/mol. The number of benzene rings is 1. The lowest BCUT2D eigenvalue weighted by Gasteiger charge is -2.21. The van der Waals surface area contributed by atoms with Crippen LogP contribution in [-0.2, 0) is 13.5 Å². The van der Waals surface area contributed by atoms with E-state index in [1.165, 1.54) is 11.1 Å². The van der Waals surface area contributed by atoms with Crippen LogP contribution in [0.2, 0.25) is 0 Å². The number of nitrogens with zero attached hydrogens (tertiary/aromatic N) is 6. The summed E-state index contributed by atoms with van der Waals surface area (Å²) in [6.07, 6.45) is 10.2. The summed E-state index contributed by atoms with van der Waals surface area (Å²) < 4.78 is 3.80. The van der Waals surface area contributed by atoms with Crippen LogP contribution in [0.15, 0.2) is 60.1 Å². The third-order valence-corrected chi connectivity index (χ3v) is 5.25. The first-order chi connectivity index (χ1) is 13.7. The van der Waals surface area contributed by atoms with E-state index in [1.807, 2.05) is 54.1 Å². The van der Waals surface area contributed by atoms with Crippen LogP contribution in [0.1, 0.15) is 23.5 Å². The molecule has 29 heavy (non-hydrogen) atoms. The molecule has 0 bridgehead atoms. The summed E-state index contributed by atoms with van der Waals surface area (Å²) in [5, 5.41) is 12.3. The molecule has 3 heterocycles. The Hall–Kier alpha value is -2.36. The van der Waals surface area contributed by atoms with Gasteiger partial charge in [-0.1, -0.05) is 18.2 Å². The largest absolute Gasteiger partial charge is 0.356 e. The number of nitrogens with one attached hydrogen (secondary N) is 1. The quantitative estimate of drug-likeness (QED) is 0.329. The van der Waals surface area contributed by atoms with Gasteiger partial charge in [-0.25, -0.2) is 4.68 Å². The molecule has 1 unspecified atom stereocenters. The number of para-hydroxylation sites is 1. The van der Waals surface area contributed by atoms with Crippen LogP contribution in [0, 0.1) is 0 Å². The molecule has 1 aliphatic heterocycles. The topological polar surface area (TPSA) is 63.3 Å². The molecule has 0 aliphatic carbocycles. The first kappa shape index (κ1) is 21.4. The molecule has 8 heteroatoms. The Morgan fingerprint density at radius 2 is 2.00 bits per heavy atom. The molecule has 1 fully saturated rings. The molecular formula is C21H28IN7. The third-order valence-electron chi connectivity index (χ3n) is 5.25. The van der Waals surface area contributed by atoms with Gasteiger partial charge in [0.25, 0.3) is 0 Å². The predicted octanol–water partition coefficient (Wildman–Crippen LogP) is 2.83. The zero-order valence-corrected chi connectivity index (χ0v) is 19.2. The molecule has 3 aromatic rings. The van der Waals surface area contributed by atoms with Gasteiger partial charge in [0.1, 0.15) is 0 Å². The highest BCUT2D eigenvalue weighted by molar-refractivity contribution is 14.0. The van der Waals surface area contributed by atoms with Crippen LogP contribution in [0.5, 0.6) is 0 Å². The summed E-state index contributed by atoms with van der Waals surface area (Å²) in [5.74, 6) is 1.50. The third kappa shape index (κ3) is 5.17. The average Bonchev–Trinajstić information content (AvgIpc) is 3.47. The zero-order valence-electron chi connectivity index (χ0n) is 16.9. The minimum absolute atomic E-state index is 0. The lowest BCUT2D eigenvalue weighted by molar-refractivity contribution is 0.486. The van der Waals surface area contributed by atoms with Gasteiger partial charge >= 0.3 is 0 Å². The van der Waals surface area contributed by atoms with Gasteiger partial charge in [0.2, 0.25) is 0 Å². The van der Waals surface area contributed by atoms with Crippen molar-refractivity contribution in [2.75, 3.05) is 26.7 Å². The fourth-order valence-electron chi connectivity index (χ4n) is 3.74. The fourth-order valence-corrected chi connectivity index (χ4v) is 3.74. The van der Waals surface area contributed by atoms with E-state index in [9.17, 15) is 0 Å². The van der Waals surface area contributed by atoms with E-state index in [1.54, 1.807) is 0 Å². The van der Waals surface area contributed by atoms with E-state index in [0.717, 1.165) is 44.1 Å². The normalized spacial score (nSPS) is 16.7. The van der Waals surface area contributed by atoms with Gasteiger partial charge in [0, 0.05) is 52.0 Å². The molecule has 4 rings (SSSR count). The number of aromatic nitrogens is 4. The second kappa shape index (κ2) is 9.91. The average molecular weight is 505 g/mol. The molecule has 154 valence electrons. The second-order valence-corrected chi connectivity index (χ2v) is 7.23. The summed E-state index contributed by atoms with van der Waals surface area (Å²) in [6, 6.07) is 10.2. The molecule has 0 spiro atoms. The van der Waals surface area contributed by atoms with E-state index < -0.39 is 0 Å². The number of rotatable bonds is 5. The fraction of sp³-hybridized carbons (Fsp3) is 0.381. The maximum absolute atomic E-state index is 4.48. The van der Waals surface area contributed by atoms with Crippen LogP contribution >= 0.6 is 24.0 Å². The van der Waals surface area contributed by atoms with Gasteiger partial charge in [-0.05, 0) is 36.1 Å². The van der Waals surface area contributed by atoms with E-state index in [4.69, 9.17) is 0 Å². The smallest absolute Gasteiger partial charge is 0.193 e.